The van der Waals surface area contributed by atoms with Crippen LogP contribution in [0.2, 0.25) is 0 Å². The third-order valence-corrected chi connectivity index (χ3v) is 2.71. The first-order valence-corrected chi connectivity index (χ1v) is 6.05. The summed E-state index contributed by atoms with van der Waals surface area (Å²) in [6.45, 7) is 3.48. The Balaban J connectivity index is 2.24. The molecule has 0 saturated carbocycles. The van der Waals surface area contributed by atoms with E-state index in [0.717, 1.165) is 30.3 Å². The fraction of sp³-hybridized carbons (Fsp3) is 0.500. The van der Waals surface area contributed by atoms with Gasteiger partial charge in [-0.15, -0.1) is 0 Å². The number of aryl methyl sites for hydroxylation is 2. The topological polar surface area (TPSA) is 56.9 Å². The van der Waals surface area contributed by atoms with E-state index in [-0.39, 0.29) is 0 Å². The maximum absolute atomic E-state index is 5.02. The van der Waals surface area contributed by atoms with Crippen LogP contribution in [0.5, 0.6) is 0 Å². The first kappa shape index (κ1) is 12.6. The zero-order valence-electron chi connectivity index (χ0n) is 11.1. The number of aromatic nitrogens is 4. The number of hydrogen-bond acceptors (Lipinski definition) is 4. The number of anilines is 1. The second-order valence-electron chi connectivity index (χ2n) is 4.03. The SMILES string of the molecule is CCc1nn(C)cc1-n1ccnc1NCCOC. The van der Waals surface area contributed by atoms with E-state index in [4.69, 9.17) is 4.74 Å². The lowest BCUT2D eigenvalue weighted by atomic mass is 10.3. The van der Waals surface area contributed by atoms with Crippen LogP contribution in [0.1, 0.15) is 12.6 Å². The molecule has 0 amide bonds. The van der Waals surface area contributed by atoms with Crippen LogP contribution >= 0.6 is 0 Å². The Kier molecular flexibility index (Phi) is 3.99. The van der Waals surface area contributed by atoms with E-state index < -0.39 is 0 Å². The lowest BCUT2D eigenvalue weighted by Crippen LogP contribution is -2.12. The first-order valence-electron chi connectivity index (χ1n) is 6.05. The predicted octanol–water partition coefficient (Wildman–Crippen LogP) is 1.23. The van der Waals surface area contributed by atoms with E-state index in [1.807, 2.05) is 28.7 Å². The smallest absolute Gasteiger partial charge is 0.207 e. The maximum Gasteiger partial charge on any atom is 0.207 e. The summed E-state index contributed by atoms with van der Waals surface area (Å²) < 4.78 is 8.86. The molecule has 0 bridgehead atoms. The molecule has 98 valence electrons. The highest BCUT2D eigenvalue weighted by molar-refractivity contribution is 5.43. The zero-order valence-corrected chi connectivity index (χ0v) is 11.1. The van der Waals surface area contributed by atoms with E-state index in [1.165, 1.54) is 0 Å². The summed E-state index contributed by atoms with van der Waals surface area (Å²) in [6.07, 6.45) is 6.61. The normalized spacial score (nSPS) is 10.8. The summed E-state index contributed by atoms with van der Waals surface area (Å²) >= 11 is 0. The third kappa shape index (κ3) is 2.53. The van der Waals surface area contributed by atoms with Crippen LogP contribution in [0.15, 0.2) is 18.6 Å². The molecule has 2 aromatic rings. The molecule has 1 N–H and O–H groups in total. The quantitative estimate of drug-likeness (QED) is 0.782. The molecule has 2 rings (SSSR count). The Morgan fingerprint density at radius 1 is 1.44 bits per heavy atom. The standard InChI is InChI=1S/C12H19N5O/c1-4-10-11(9-16(2)15-10)17-7-5-13-12(17)14-6-8-18-3/h5,7,9H,4,6,8H2,1-3H3,(H,13,14). The number of methoxy groups -OCH3 is 1. The number of rotatable bonds is 6. The second kappa shape index (κ2) is 5.68. The second-order valence-corrected chi connectivity index (χ2v) is 4.03. The van der Waals surface area contributed by atoms with Crippen LogP contribution in [0.3, 0.4) is 0 Å². The van der Waals surface area contributed by atoms with E-state index in [0.29, 0.717) is 6.61 Å². The number of nitrogens with zero attached hydrogens (tertiary/aromatic N) is 4. The van der Waals surface area contributed by atoms with Gasteiger partial charge in [-0.05, 0) is 6.42 Å². The molecule has 0 fully saturated rings. The lowest BCUT2D eigenvalue weighted by molar-refractivity contribution is 0.210. The van der Waals surface area contributed by atoms with Crippen LogP contribution in [-0.2, 0) is 18.2 Å². The molecule has 2 heterocycles. The maximum atomic E-state index is 5.02. The molecular weight excluding hydrogens is 230 g/mol. The van der Waals surface area contributed by atoms with Crippen LogP contribution in [0.25, 0.3) is 5.69 Å². The average Bonchev–Trinajstić information content (AvgIpc) is 2.95. The number of hydrogen-bond donors (Lipinski definition) is 1. The zero-order chi connectivity index (χ0) is 13.0. The molecular formula is C12H19N5O. The minimum atomic E-state index is 0.653. The largest absolute Gasteiger partial charge is 0.383 e. The summed E-state index contributed by atoms with van der Waals surface area (Å²) in [5.41, 5.74) is 2.13. The van der Waals surface area contributed by atoms with Gasteiger partial charge in [0.1, 0.15) is 0 Å². The van der Waals surface area contributed by atoms with Gasteiger partial charge in [-0.3, -0.25) is 9.25 Å². The average molecular weight is 249 g/mol. The van der Waals surface area contributed by atoms with Crippen molar-refractivity contribution >= 4 is 5.95 Å². The highest BCUT2D eigenvalue weighted by Crippen LogP contribution is 2.18. The van der Waals surface area contributed by atoms with Gasteiger partial charge < -0.3 is 10.1 Å². The van der Waals surface area contributed by atoms with Gasteiger partial charge in [0.2, 0.25) is 5.95 Å². The van der Waals surface area contributed by atoms with Crippen LogP contribution in [0, 0.1) is 0 Å². The van der Waals surface area contributed by atoms with Crippen molar-refractivity contribution in [2.45, 2.75) is 13.3 Å². The van der Waals surface area contributed by atoms with Crippen LogP contribution in [0.4, 0.5) is 5.95 Å². The Morgan fingerprint density at radius 3 is 3.00 bits per heavy atom. The number of ether oxygens (including phenoxy) is 1. The van der Waals surface area contributed by atoms with E-state index in [9.17, 15) is 0 Å². The molecule has 18 heavy (non-hydrogen) atoms. The Bertz CT molecular complexity index is 502. The number of imidazole rings is 1. The van der Waals surface area contributed by atoms with Crippen molar-refractivity contribution in [2.24, 2.45) is 7.05 Å². The molecule has 0 spiro atoms. The minimum Gasteiger partial charge on any atom is -0.383 e. The van der Waals surface area contributed by atoms with Gasteiger partial charge in [-0.2, -0.15) is 5.10 Å². The molecule has 0 atom stereocenters. The van der Waals surface area contributed by atoms with E-state index in [2.05, 4.69) is 22.3 Å². The summed E-state index contributed by atoms with van der Waals surface area (Å²) in [5.74, 6) is 0.815. The monoisotopic (exact) mass is 249 g/mol. The van der Waals surface area contributed by atoms with Gasteiger partial charge in [0.25, 0.3) is 0 Å². The fourth-order valence-electron chi connectivity index (χ4n) is 1.87. The first-order chi connectivity index (χ1) is 8.76. The predicted molar refractivity (Wildman–Crippen MR) is 70.1 cm³/mol. The van der Waals surface area contributed by atoms with Crippen LogP contribution in [-0.4, -0.2) is 39.6 Å². The molecule has 0 aliphatic heterocycles. The van der Waals surface area contributed by atoms with Crippen molar-refractivity contribution < 1.29 is 4.74 Å². The highest BCUT2D eigenvalue weighted by Gasteiger charge is 2.11. The number of nitrogens with one attached hydrogen (secondary N) is 1. The highest BCUT2D eigenvalue weighted by atomic mass is 16.5. The molecule has 0 unspecified atom stereocenters. The molecule has 0 aliphatic carbocycles. The van der Waals surface area contributed by atoms with Gasteiger partial charge in [0.05, 0.1) is 18.0 Å². The summed E-state index contributed by atoms with van der Waals surface area (Å²) in [4.78, 5) is 4.31. The molecule has 0 aliphatic rings. The van der Waals surface area contributed by atoms with Crippen molar-refractivity contribution in [2.75, 3.05) is 25.6 Å². The molecule has 6 heteroatoms. The van der Waals surface area contributed by atoms with Gasteiger partial charge in [-0.1, -0.05) is 6.92 Å². The Morgan fingerprint density at radius 2 is 2.28 bits per heavy atom. The fourth-order valence-corrected chi connectivity index (χ4v) is 1.87. The van der Waals surface area contributed by atoms with E-state index >= 15 is 0 Å². The summed E-state index contributed by atoms with van der Waals surface area (Å²) in [5, 5.41) is 7.68. The third-order valence-electron chi connectivity index (χ3n) is 2.71. The van der Waals surface area contributed by atoms with Gasteiger partial charge in [0, 0.05) is 39.3 Å². The van der Waals surface area contributed by atoms with Gasteiger partial charge in [0.15, 0.2) is 0 Å². The molecule has 0 saturated heterocycles. The molecule has 6 nitrogen and oxygen atoms in total. The van der Waals surface area contributed by atoms with Gasteiger partial charge >= 0.3 is 0 Å². The Labute approximate surface area is 107 Å². The van der Waals surface area contributed by atoms with Crippen molar-refractivity contribution in [1.82, 2.24) is 19.3 Å². The van der Waals surface area contributed by atoms with Crippen molar-refractivity contribution in [3.63, 3.8) is 0 Å². The molecule has 2 aromatic heterocycles. The molecule has 0 aromatic carbocycles. The van der Waals surface area contributed by atoms with E-state index in [1.54, 1.807) is 13.3 Å². The lowest BCUT2D eigenvalue weighted by Gasteiger charge is -2.08. The van der Waals surface area contributed by atoms with Crippen molar-refractivity contribution in [3.8, 4) is 5.69 Å². The van der Waals surface area contributed by atoms with Crippen molar-refractivity contribution in [3.05, 3.63) is 24.3 Å². The summed E-state index contributed by atoms with van der Waals surface area (Å²) in [7, 11) is 3.61. The van der Waals surface area contributed by atoms with Crippen LogP contribution < -0.4 is 5.32 Å². The minimum absolute atomic E-state index is 0.653. The van der Waals surface area contributed by atoms with Crippen molar-refractivity contribution in [1.29, 1.82) is 0 Å². The molecule has 0 radical (unpaired) electrons. The van der Waals surface area contributed by atoms with Gasteiger partial charge in [-0.25, -0.2) is 4.98 Å². The summed E-state index contributed by atoms with van der Waals surface area (Å²) in [6, 6.07) is 0. The Hall–Kier alpha value is -1.82.